The number of aryl methyl sites for hydroxylation is 3. The number of hydroxylamine groups is 1. The Balaban J connectivity index is 2.51. The standard InChI is InChI=1S/C16H19NO2/c1-11-5-7-14(9-13(11)3)17(4,19)15-8-6-12(2)16(18)10-15/h5-10,18H,1-4H3. The molecule has 100 valence electrons. The van der Waals surface area contributed by atoms with Crippen LogP contribution in [0.3, 0.4) is 0 Å². The Labute approximate surface area is 113 Å². The molecular formula is C16H19NO2. The highest BCUT2D eigenvalue weighted by atomic mass is 16.5. The van der Waals surface area contributed by atoms with Crippen molar-refractivity contribution in [2.75, 3.05) is 7.05 Å². The van der Waals surface area contributed by atoms with E-state index >= 15 is 0 Å². The first kappa shape index (κ1) is 13.6. The van der Waals surface area contributed by atoms with Gasteiger partial charge in [-0.25, -0.2) is 0 Å². The van der Waals surface area contributed by atoms with Crippen LogP contribution in [-0.2, 0) is 0 Å². The normalized spacial score (nSPS) is 14.2. The van der Waals surface area contributed by atoms with Gasteiger partial charge in [0.25, 0.3) is 0 Å². The molecule has 2 rings (SSSR count). The highest BCUT2D eigenvalue weighted by Gasteiger charge is 2.19. The zero-order valence-electron chi connectivity index (χ0n) is 11.8. The molecule has 0 aliphatic heterocycles. The van der Waals surface area contributed by atoms with Gasteiger partial charge in [0.1, 0.15) is 17.1 Å². The lowest BCUT2D eigenvalue weighted by atomic mass is 10.1. The van der Waals surface area contributed by atoms with Gasteiger partial charge in [0, 0.05) is 24.3 Å². The SMILES string of the molecule is Cc1ccc([N+](C)([O-])c2ccc(C)c(O)c2)cc1C. The lowest BCUT2D eigenvalue weighted by molar-refractivity contribution is 0.469. The highest BCUT2D eigenvalue weighted by molar-refractivity contribution is 5.62. The molecule has 1 N–H and O–H groups in total. The quantitative estimate of drug-likeness (QED) is 0.650. The second-order valence-corrected chi connectivity index (χ2v) is 5.16. The first-order chi connectivity index (χ1) is 8.82. The molecule has 3 heteroatoms. The van der Waals surface area contributed by atoms with E-state index in [0.717, 1.165) is 16.7 Å². The van der Waals surface area contributed by atoms with E-state index in [-0.39, 0.29) is 5.75 Å². The summed E-state index contributed by atoms with van der Waals surface area (Å²) in [4.78, 5) is 0. The van der Waals surface area contributed by atoms with Gasteiger partial charge in [-0.05, 0) is 43.5 Å². The second kappa shape index (κ2) is 4.68. The number of nitrogens with zero attached hydrogens (tertiary/aromatic N) is 1. The topological polar surface area (TPSA) is 43.3 Å². The first-order valence-corrected chi connectivity index (χ1v) is 6.28. The fourth-order valence-electron chi connectivity index (χ4n) is 2.00. The van der Waals surface area contributed by atoms with E-state index in [9.17, 15) is 10.3 Å². The summed E-state index contributed by atoms with van der Waals surface area (Å²) in [6.45, 7) is 5.82. The summed E-state index contributed by atoms with van der Waals surface area (Å²) in [5.74, 6) is 0.154. The maximum absolute atomic E-state index is 12.9. The van der Waals surface area contributed by atoms with E-state index in [1.165, 1.54) is 6.07 Å². The Morgan fingerprint density at radius 1 is 0.842 bits per heavy atom. The van der Waals surface area contributed by atoms with Crippen molar-refractivity contribution in [2.45, 2.75) is 20.8 Å². The average molecular weight is 257 g/mol. The molecule has 0 heterocycles. The van der Waals surface area contributed by atoms with Gasteiger partial charge in [-0.2, -0.15) is 0 Å². The summed E-state index contributed by atoms with van der Waals surface area (Å²) >= 11 is 0. The summed E-state index contributed by atoms with van der Waals surface area (Å²) in [5, 5.41) is 22.6. The van der Waals surface area contributed by atoms with Crippen molar-refractivity contribution in [1.29, 1.82) is 0 Å². The van der Waals surface area contributed by atoms with Crippen LogP contribution in [0.5, 0.6) is 5.75 Å². The number of phenolic OH excluding ortho intramolecular Hbond substituents is 1. The van der Waals surface area contributed by atoms with Gasteiger partial charge in [0.05, 0.1) is 7.05 Å². The van der Waals surface area contributed by atoms with Crippen molar-refractivity contribution in [1.82, 2.24) is 4.65 Å². The van der Waals surface area contributed by atoms with E-state index in [1.54, 1.807) is 19.2 Å². The molecule has 3 nitrogen and oxygen atoms in total. The summed E-state index contributed by atoms with van der Waals surface area (Å²) in [7, 11) is 1.58. The zero-order chi connectivity index (χ0) is 14.2. The van der Waals surface area contributed by atoms with Crippen molar-refractivity contribution < 1.29 is 5.11 Å². The molecule has 0 radical (unpaired) electrons. The van der Waals surface area contributed by atoms with Crippen LogP contribution in [0.1, 0.15) is 16.7 Å². The average Bonchev–Trinajstić information content (AvgIpc) is 2.35. The first-order valence-electron chi connectivity index (χ1n) is 6.28. The highest BCUT2D eigenvalue weighted by Crippen LogP contribution is 2.35. The van der Waals surface area contributed by atoms with E-state index in [4.69, 9.17) is 0 Å². The minimum Gasteiger partial charge on any atom is -0.622 e. The fourth-order valence-corrected chi connectivity index (χ4v) is 2.00. The largest absolute Gasteiger partial charge is 0.622 e. The Hall–Kier alpha value is -1.84. The fraction of sp³-hybridized carbons (Fsp3) is 0.250. The molecule has 19 heavy (non-hydrogen) atoms. The number of rotatable bonds is 2. The smallest absolute Gasteiger partial charge is 0.141 e. The van der Waals surface area contributed by atoms with E-state index in [0.29, 0.717) is 11.4 Å². The van der Waals surface area contributed by atoms with Gasteiger partial charge >= 0.3 is 0 Å². The van der Waals surface area contributed by atoms with Crippen molar-refractivity contribution in [3.05, 3.63) is 58.3 Å². The predicted octanol–water partition coefficient (Wildman–Crippen LogP) is 4.08. The number of phenols is 1. The Bertz CT molecular complexity index is 565. The number of hydrogen-bond donors (Lipinski definition) is 1. The van der Waals surface area contributed by atoms with Crippen LogP contribution in [-0.4, -0.2) is 12.2 Å². The van der Waals surface area contributed by atoms with Gasteiger partial charge < -0.3 is 10.3 Å². The third-order valence-corrected chi connectivity index (χ3v) is 3.67. The minimum atomic E-state index is -0.630. The molecule has 0 aromatic heterocycles. The van der Waals surface area contributed by atoms with Crippen molar-refractivity contribution >= 4 is 11.4 Å². The molecular weight excluding hydrogens is 238 g/mol. The van der Waals surface area contributed by atoms with Gasteiger partial charge in [-0.3, -0.25) is 4.65 Å². The number of hydrogen-bond acceptors (Lipinski definition) is 2. The number of quaternary nitrogens is 1. The Kier molecular flexibility index (Phi) is 3.35. The molecule has 0 aliphatic carbocycles. The third kappa shape index (κ3) is 2.48. The summed E-state index contributed by atoms with van der Waals surface area (Å²) in [5.41, 5.74) is 4.20. The summed E-state index contributed by atoms with van der Waals surface area (Å²) in [6, 6.07) is 10.8. The predicted molar refractivity (Wildman–Crippen MR) is 79.5 cm³/mol. The molecule has 0 aliphatic rings. The molecule has 0 saturated carbocycles. The van der Waals surface area contributed by atoms with E-state index < -0.39 is 4.65 Å². The monoisotopic (exact) mass is 257 g/mol. The van der Waals surface area contributed by atoms with Crippen LogP contribution in [0.2, 0.25) is 0 Å². The number of aromatic hydroxyl groups is 1. The van der Waals surface area contributed by atoms with Crippen molar-refractivity contribution in [3.8, 4) is 5.75 Å². The molecule has 0 bridgehead atoms. The Morgan fingerprint density at radius 2 is 1.37 bits per heavy atom. The molecule has 0 fully saturated rings. The Morgan fingerprint density at radius 3 is 1.89 bits per heavy atom. The van der Waals surface area contributed by atoms with Crippen LogP contribution in [0.15, 0.2) is 36.4 Å². The molecule has 0 amide bonds. The van der Waals surface area contributed by atoms with Gasteiger partial charge in [-0.1, -0.05) is 6.07 Å². The molecule has 2 aromatic carbocycles. The van der Waals surface area contributed by atoms with E-state index in [2.05, 4.69) is 0 Å². The minimum absolute atomic E-state index is 0.154. The maximum atomic E-state index is 12.9. The van der Waals surface area contributed by atoms with Gasteiger partial charge in [0.15, 0.2) is 0 Å². The van der Waals surface area contributed by atoms with Crippen LogP contribution in [0.4, 0.5) is 11.4 Å². The third-order valence-electron chi connectivity index (χ3n) is 3.67. The zero-order valence-corrected chi connectivity index (χ0v) is 11.8. The molecule has 1 atom stereocenters. The van der Waals surface area contributed by atoms with Crippen molar-refractivity contribution in [2.24, 2.45) is 0 Å². The lowest BCUT2D eigenvalue weighted by Crippen LogP contribution is -2.31. The molecule has 0 spiro atoms. The summed E-state index contributed by atoms with van der Waals surface area (Å²) in [6.07, 6.45) is 0. The van der Waals surface area contributed by atoms with E-state index in [1.807, 2.05) is 39.0 Å². The van der Waals surface area contributed by atoms with Gasteiger partial charge in [0.2, 0.25) is 0 Å². The van der Waals surface area contributed by atoms with Crippen molar-refractivity contribution in [3.63, 3.8) is 0 Å². The van der Waals surface area contributed by atoms with Crippen LogP contribution in [0.25, 0.3) is 0 Å². The van der Waals surface area contributed by atoms with Crippen LogP contribution >= 0.6 is 0 Å². The summed E-state index contributed by atoms with van der Waals surface area (Å²) < 4.78 is -0.630. The lowest BCUT2D eigenvalue weighted by Gasteiger charge is -2.37. The molecule has 0 saturated heterocycles. The molecule has 2 aromatic rings. The molecule has 1 unspecified atom stereocenters. The van der Waals surface area contributed by atoms with Gasteiger partial charge in [-0.15, -0.1) is 0 Å². The second-order valence-electron chi connectivity index (χ2n) is 5.16. The number of benzene rings is 2. The van der Waals surface area contributed by atoms with Crippen LogP contribution in [0, 0.1) is 26.0 Å². The van der Waals surface area contributed by atoms with Crippen LogP contribution < -0.4 is 4.65 Å². The maximum Gasteiger partial charge on any atom is 0.141 e.